The standard InChI is InChI=1S/C6H12.C4H6O2/c1-4-5-6(2)3;1-3-6-4(2)5/h4,6H,1,5H2,2-3H3;3H,1H2,2H3. The summed E-state index contributed by atoms with van der Waals surface area (Å²) in [6, 6.07) is 0. The van der Waals surface area contributed by atoms with Crippen LogP contribution in [0.5, 0.6) is 0 Å². The van der Waals surface area contributed by atoms with Crippen LogP contribution in [0.3, 0.4) is 0 Å². The molecule has 12 heavy (non-hydrogen) atoms. The van der Waals surface area contributed by atoms with Crippen LogP contribution in [0.25, 0.3) is 0 Å². The molecule has 0 saturated heterocycles. The topological polar surface area (TPSA) is 26.3 Å². The summed E-state index contributed by atoms with van der Waals surface area (Å²) in [6.07, 6.45) is 4.19. The van der Waals surface area contributed by atoms with E-state index in [1.54, 1.807) is 0 Å². The lowest BCUT2D eigenvalue weighted by Crippen LogP contribution is -1.87. The molecule has 70 valence electrons. The van der Waals surface area contributed by atoms with Crippen LogP contribution >= 0.6 is 0 Å². The quantitative estimate of drug-likeness (QED) is 0.370. The van der Waals surface area contributed by atoms with Gasteiger partial charge < -0.3 is 4.74 Å². The zero-order chi connectivity index (χ0) is 9.98. The van der Waals surface area contributed by atoms with Gasteiger partial charge in [0, 0.05) is 6.92 Å². The van der Waals surface area contributed by atoms with Crippen molar-refractivity contribution in [2.75, 3.05) is 0 Å². The summed E-state index contributed by atoms with van der Waals surface area (Å²) in [5.74, 6) is 0.451. The molecule has 0 bridgehead atoms. The van der Waals surface area contributed by atoms with Gasteiger partial charge in [-0.15, -0.1) is 6.58 Å². The van der Waals surface area contributed by atoms with Crippen LogP contribution in [0.15, 0.2) is 25.5 Å². The minimum Gasteiger partial charge on any atom is -0.435 e. The van der Waals surface area contributed by atoms with E-state index >= 15 is 0 Å². The number of hydrogen-bond acceptors (Lipinski definition) is 2. The van der Waals surface area contributed by atoms with Crippen molar-refractivity contribution in [2.24, 2.45) is 5.92 Å². The van der Waals surface area contributed by atoms with Crippen molar-refractivity contribution < 1.29 is 9.53 Å². The first-order valence-electron chi connectivity index (χ1n) is 3.93. The predicted octanol–water partition coefficient (Wildman–Crippen LogP) is 2.91. The summed E-state index contributed by atoms with van der Waals surface area (Å²) in [5, 5.41) is 0. The Kier molecular flexibility index (Phi) is 11.2. The summed E-state index contributed by atoms with van der Waals surface area (Å²) in [7, 11) is 0. The maximum absolute atomic E-state index is 9.75. The van der Waals surface area contributed by atoms with Crippen molar-refractivity contribution in [1.82, 2.24) is 0 Å². The summed E-state index contributed by atoms with van der Waals surface area (Å²) in [5.41, 5.74) is 0. The van der Waals surface area contributed by atoms with Gasteiger partial charge in [-0.3, -0.25) is 4.79 Å². The highest BCUT2D eigenvalue weighted by Gasteiger charge is 1.82. The van der Waals surface area contributed by atoms with Gasteiger partial charge in [0.1, 0.15) is 0 Å². The van der Waals surface area contributed by atoms with Crippen molar-refractivity contribution in [3.05, 3.63) is 25.5 Å². The number of carbonyl (C=O) groups excluding carboxylic acids is 1. The fourth-order valence-corrected chi connectivity index (χ4v) is 0.451. The van der Waals surface area contributed by atoms with Gasteiger partial charge in [-0.05, 0) is 12.3 Å². The van der Waals surface area contributed by atoms with E-state index in [0.717, 1.165) is 18.6 Å². The maximum Gasteiger partial charge on any atom is 0.307 e. The smallest absolute Gasteiger partial charge is 0.307 e. The van der Waals surface area contributed by atoms with Crippen LogP contribution in [0.4, 0.5) is 0 Å². The molecule has 2 heteroatoms. The Balaban J connectivity index is 0. The minimum atomic E-state index is -0.329. The molecule has 2 nitrogen and oxygen atoms in total. The zero-order valence-corrected chi connectivity index (χ0v) is 8.17. The molecule has 0 aromatic rings. The van der Waals surface area contributed by atoms with Crippen LogP contribution in [-0.4, -0.2) is 5.97 Å². The van der Waals surface area contributed by atoms with E-state index in [2.05, 4.69) is 31.7 Å². The highest BCUT2D eigenvalue weighted by molar-refractivity contribution is 5.66. The fourth-order valence-electron chi connectivity index (χ4n) is 0.451. The predicted molar refractivity (Wildman–Crippen MR) is 51.6 cm³/mol. The van der Waals surface area contributed by atoms with Gasteiger partial charge >= 0.3 is 5.97 Å². The Hall–Kier alpha value is -1.05. The lowest BCUT2D eigenvalue weighted by atomic mass is 10.1. The van der Waals surface area contributed by atoms with Gasteiger partial charge in [0.05, 0.1) is 6.26 Å². The van der Waals surface area contributed by atoms with Crippen LogP contribution < -0.4 is 0 Å². The first-order chi connectivity index (χ1) is 5.54. The number of esters is 1. The zero-order valence-electron chi connectivity index (χ0n) is 8.17. The van der Waals surface area contributed by atoms with Crippen molar-refractivity contribution in [3.8, 4) is 0 Å². The van der Waals surface area contributed by atoms with Gasteiger partial charge in [0.25, 0.3) is 0 Å². The Morgan fingerprint density at radius 3 is 2.00 bits per heavy atom. The number of hydrogen-bond donors (Lipinski definition) is 0. The molecule has 0 N–H and O–H groups in total. The van der Waals surface area contributed by atoms with Crippen molar-refractivity contribution >= 4 is 5.97 Å². The number of rotatable bonds is 3. The summed E-state index contributed by atoms with van der Waals surface area (Å²) < 4.78 is 4.17. The molecule has 0 heterocycles. The first kappa shape index (κ1) is 13.5. The molecule has 0 unspecified atom stereocenters. The van der Waals surface area contributed by atoms with Gasteiger partial charge in [-0.1, -0.05) is 26.5 Å². The molecule has 0 aliphatic rings. The lowest BCUT2D eigenvalue weighted by Gasteiger charge is -1.92. The third-order valence-electron chi connectivity index (χ3n) is 0.887. The largest absolute Gasteiger partial charge is 0.435 e. The Bertz CT molecular complexity index is 137. The van der Waals surface area contributed by atoms with Crippen LogP contribution in [0, 0.1) is 5.92 Å². The average Bonchev–Trinajstić information content (AvgIpc) is 1.87. The van der Waals surface area contributed by atoms with E-state index in [0.29, 0.717) is 0 Å². The molecular formula is C10H18O2. The lowest BCUT2D eigenvalue weighted by molar-refractivity contribution is -0.135. The molecule has 0 aliphatic carbocycles. The van der Waals surface area contributed by atoms with Crippen molar-refractivity contribution in [2.45, 2.75) is 27.2 Å². The molecule has 0 saturated carbocycles. The second-order valence-electron chi connectivity index (χ2n) is 2.69. The SMILES string of the molecule is C=CCC(C)C.C=COC(C)=O. The summed E-state index contributed by atoms with van der Waals surface area (Å²) in [4.78, 5) is 9.75. The molecular weight excluding hydrogens is 152 g/mol. The molecule has 0 fully saturated rings. The number of carbonyl (C=O) groups is 1. The molecule has 0 spiro atoms. The molecule has 0 atom stereocenters. The van der Waals surface area contributed by atoms with E-state index < -0.39 is 0 Å². The number of allylic oxidation sites excluding steroid dienone is 1. The normalized spacial score (nSPS) is 8.00. The van der Waals surface area contributed by atoms with E-state index in [-0.39, 0.29) is 5.97 Å². The second-order valence-corrected chi connectivity index (χ2v) is 2.69. The highest BCUT2D eigenvalue weighted by atomic mass is 16.5. The summed E-state index contributed by atoms with van der Waals surface area (Å²) >= 11 is 0. The van der Waals surface area contributed by atoms with Gasteiger partial charge in [0.2, 0.25) is 0 Å². The van der Waals surface area contributed by atoms with E-state index in [1.807, 2.05) is 6.08 Å². The monoisotopic (exact) mass is 170 g/mol. The number of ether oxygens (including phenoxy) is 1. The van der Waals surface area contributed by atoms with Crippen molar-refractivity contribution in [1.29, 1.82) is 0 Å². The fraction of sp³-hybridized carbons (Fsp3) is 0.500. The Morgan fingerprint density at radius 1 is 1.50 bits per heavy atom. The van der Waals surface area contributed by atoms with E-state index in [4.69, 9.17) is 0 Å². The van der Waals surface area contributed by atoms with E-state index in [1.165, 1.54) is 6.92 Å². The minimum absolute atomic E-state index is 0.329. The summed E-state index contributed by atoms with van der Waals surface area (Å²) in [6.45, 7) is 12.4. The third kappa shape index (κ3) is 23.1. The Labute approximate surface area is 74.9 Å². The molecule has 0 aliphatic heterocycles. The molecule has 0 rings (SSSR count). The Morgan fingerprint density at radius 2 is 2.00 bits per heavy atom. The van der Waals surface area contributed by atoms with Gasteiger partial charge in [-0.25, -0.2) is 0 Å². The van der Waals surface area contributed by atoms with Crippen LogP contribution in [0.2, 0.25) is 0 Å². The molecule has 0 aromatic carbocycles. The van der Waals surface area contributed by atoms with Gasteiger partial charge in [0.15, 0.2) is 0 Å². The maximum atomic E-state index is 9.75. The van der Waals surface area contributed by atoms with E-state index in [9.17, 15) is 4.79 Å². The third-order valence-corrected chi connectivity index (χ3v) is 0.887. The average molecular weight is 170 g/mol. The molecule has 0 radical (unpaired) electrons. The van der Waals surface area contributed by atoms with Crippen molar-refractivity contribution in [3.63, 3.8) is 0 Å². The molecule has 0 aromatic heterocycles. The second kappa shape index (κ2) is 9.95. The molecule has 0 amide bonds. The van der Waals surface area contributed by atoms with Gasteiger partial charge in [-0.2, -0.15) is 0 Å². The van der Waals surface area contributed by atoms with Crippen LogP contribution in [0.1, 0.15) is 27.2 Å². The highest BCUT2D eigenvalue weighted by Crippen LogP contribution is 1.96. The first-order valence-corrected chi connectivity index (χ1v) is 3.93. The van der Waals surface area contributed by atoms with Crippen LogP contribution in [-0.2, 0) is 9.53 Å².